The number of nitrogens with zero attached hydrogens (tertiary/aromatic N) is 1. The zero-order chi connectivity index (χ0) is 17.4. The third-order valence-electron chi connectivity index (χ3n) is 3.27. The number of rotatable bonds is 6. The molecule has 5 nitrogen and oxygen atoms in total. The standard InChI is InChI=1S/C18H18ClN3O2/c1-2-16(13-6-4-3-5-7-13)21-22-17(23)12-20-18(24)14-8-10-15(19)11-9-14/h3-11H,2,12H2,1H3,(H,20,24)(H,22,23)/b21-16-. The van der Waals surface area contributed by atoms with Gasteiger partial charge in [-0.2, -0.15) is 5.10 Å². The first-order valence-electron chi connectivity index (χ1n) is 7.54. The van der Waals surface area contributed by atoms with Crippen molar-refractivity contribution >= 4 is 29.1 Å². The van der Waals surface area contributed by atoms with Gasteiger partial charge in [0.1, 0.15) is 0 Å². The normalized spacial score (nSPS) is 11.0. The summed E-state index contributed by atoms with van der Waals surface area (Å²) in [6.07, 6.45) is 0.682. The number of hydrazone groups is 1. The highest BCUT2D eigenvalue weighted by Crippen LogP contribution is 2.09. The summed E-state index contributed by atoms with van der Waals surface area (Å²) in [5.41, 5.74) is 4.62. The summed E-state index contributed by atoms with van der Waals surface area (Å²) >= 11 is 5.77. The van der Waals surface area contributed by atoms with Gasteiger partial charge in [0, 0.05) is 10.6 Å². The molecule has 2 rings (SSSR count). The Balaban J connectivity index is 1.87. The van der Waals surface area contributed by atoms with Crippen molar-refractivity contribution in [1.29, 1.82) is 0 Å². The summed E-state index contributed by atoms with van der Waals surface area (Å²) in [6.45, 7) is 1.80. The van der Waals surface area contributed by atoms with E-state index in [0.717, 1.165) is 11.3 Å². The molecule has 0 aliphatic heterocycles. The molecule has 2 N–H and O–H groups in total. The monoisotopic (exact) mass is 343 g/mol. The number of amides is 2. The maximum atomic E-state index is 11.9. The van der Waals surface area contributed by atoms with Gasteiger partial charge in [0.25, 0.3) is 11.8 Å². The minimum absolute atomic E-state index is 0.156. The fourth-order valence-electron chi connectivity index (χ4n) is 2.01. The van der Waals surface area contributed by atoms with E-state index in [4.69, 9.17) is 11.6 Å². The Morgan fingerprint density at radius 3 is 2.29 bits per heavy atom. The average molecular weight is 344 g/mol. The van der Waals surface area contributed by atoms with E-state index in [1.165, 1.54) is 0 Å². The van der Waals surface area contributed by atoms with E-state index in [-0.39, 0.29) is 18.4 Å². The van der Waals surface area contributed by atoms with E-state index >= 15 is 0 Å². The lowest BCUT2D eigenvalue weighted by atomic mass is 10.1. The average Bonchev–Trinajstić information content (AvgIpc) is 2.61. The second-order valence-electron chi connectivity index (χ2n) is 5.00. The number of carbonyl (C=O) groups is 2. The van der Waals surface area contributed by atoms with Gasteiger partial charge in [0.15, 0.2) is 0 Å². The summed E-state index contributed by atoms with van der Waals surface area (Å²) in [7, 11) is 0. The van der Waals surface area contributed by atoms with Gasteiger partial charge in [-0.15, -0.1) is 0 Å². The number of carbonyl (C=O) groups excluding carboxylic acids is 2. The summed E-state index contributed by atoms with van der Waals surface area (Å²) < 4.78 is 0. The molecule has 0 unspecified atom stereocenters. The summed E-state index contributed by atoms with van der Waals surface area (Å²) in [4.78, 5) is 23.7. The third kappa shape index (κ3) is 5.21. The Labute approximate surface area is 145 Å². The quantitative estimate of drug-likeness (QED) is 0.625. The number of hydrogen-bond donors (Lipinski definition) is 2. The molecular weight excluding hydrogens is 326 g/mol. The highest BCUT2D eigenvalue weighted by molar-refractivity contribution is 6.30. The first kappa shape index (κ1) is 17.7. The highest BCUT2D eigenvalue weighted by Gasteiger charge is 2.08. The molecule has 0 fully saturated rings. The minimum Gasteiger partial charge on any atom is -0.343 e. The van der Waals surface area contributed by atoms with E-state index in [9.17, 15) is 9.59 Å². The largest absolute Gasteiger partial charge is 0.343 e. The van der Waals surface area contributed by atoms with Gasteiger partial charge >= 0.3 is 0 Å². The van der Waals surface area contributed by atoms with Crippen LogP contribution in [0.2, 0.25) is 5.02 Å². The van der Waals surface area contributed by atoms with Crippen molar-refractivity contribution in [3.8, 4) is 0 Å². The SMILES string of the molecule is CC/C(=N/NC(=O)CNC(=O)c1ccc(Cl)cc1)c1ccccc1. The van der Waals surface area contributed by atoms with Crippen LogP contribution in [0.3, 0.4) is 0 Å². The van der Waals surface area contributed by atoms with Gasteiger partial charge in [-0.3, -0.25) is 9.59 Å². The molecule has 0 atom stereocenters. The molecule has 0 aromatic heterocycles. The Morgan fingerprint density at radius 2 is 1.67 bits per heavy atom. The van der Waals surface area contributed by atoms with Gasteiger partial charge in [-0.1, -0.05) is 48.9 Å². The van der Waals surface area contributed by atoms with Crippen LogP contribution in [-0.4, -0.2) is 24.1 Å². The van der Waals surface area contributed by atoms with Crippen molar-refractivity contribution in [1.82, 2.24) is 10.7 Å². The van der Waals surface area contributed by atoms with Crippen LogP contribution in [0.4, 0.5) is 0 Å². The van der Waals surface area contributed by atoms with E-state index in [2.05, 4.69) is 15.8 Å². The van der Waals surface area contributed by atoms with Gasteiger partial charge in [0.05, 0.1) is 12.3 Å². The lowest BCUT2D eigenvalue weighted by Gasteiger charge is -2.06. The maximum Gasteiger partial charge on any atom is 0.259 e. The number of benzene rings is 2. The third-order valence-corrected chi connectivity index (χ3v) is 3.53. The molecule has 6 heteroatoms. The number of hydrogen-bond acceptors (Lipinski definition) is 3. The van der Waals surface area contributed by atoms with Crippen LogP contribution in [-0.2, 0) is 4.79 Å². The number of halogens is 1. The molecule has 2 aromatic carbocycles. The Bertz CT molecular complexity index is 728. The highest BCUT2D eigenvalue weighted by atomic mass is 35.5. The summed E-state index contributed by atoms with van der Waals surface area (Å²) in [6, 6.07) is 16.0. The Kier molecular flexibility index (Phi) is 6.51. The topological polar surface area (TPSA) is 70.6 Å². The van der Waals surface area contributed by atoms with Crippen LogP contribution in [0.15, 0.2) is 59.7 Å². The number of nitrogens with one attached hydrogen (secondary N) is 2. The maximum absolute atomic E-state index is 11.9. The molecule has 2 aromatic rings. The van der Waals surface area contributed by atoms with Crippen LogP contribution in [0.25, 0.3) is 0 Å². The minimum atomic E-state index is -0.390. The van der Waals surface area contributed by atoms with Crippen molar-refractivity contribution in [3.05, 3.63) is 70.7 Å². The van der Waals surface area contributed by atoms with Crippen molar-refractivity contribution in [2.75, 3.05) is 6.54 Å². The zero-order valence-electron chi connectivity index (χ0n) is 13.3. The van der Waals surface area contributed by atoms with Crippen LogP contribution < -0.4 is 10.7 Å². The molecule has 0 saturated heterocycles. The van der Waals surface area contributed by atoms with Gasteiger partial charge in [0.2, 0.25) is 0 Å². The Hall–Kier alpha value is -2.66. The van der Waals surface area contributed by atoms with Gasteiger partial charge in [-0.25, -0.2) is 5.43 Å². The lowest BCUT2D eigenvalue weighted by molar-refractivity contribution is -0.120. The molecule has 2 amide bonds. The second kappa shape index (κ2) is 8.84. The van der Waals surface area contributed by atoms with Crippen molar-refractivity contribution < 1.29 is 9.59 Å². The van der Waals surface area contributed by atoms with Crippen LogP contribution in [0.5, 0.6) is 0 Å². The molecule has 0 radical (unpaired) electrons. The van der Waals surface area contributed by atoms with Gasteiger partial charge < -0.3 is 5.32 Å². The van der Waals surface area contributed by atoms with Crippen molar-refractivity contribution in [2.24, 2.45) is 5.10 Å². The molecule has 0 aliphatic rings. The molecule has 0 saturated carbocycles. The Morgan fingerprint density at radius 1 is 1.00 bits per heavy atom. The second-order valence-corrected chi connectivity index (χ2v) is 5.44. The molecule has 0 bridgehead atoms. The molecule has 0 heterocycles. The van der Waals surface area contributed by atoms with Crippen molar-refractivity contribution in [3.63, 3.8) is 0 Å². The fourth-order valence-corrected chi connectivity index (χ4v) is 2.14. The zero-order valence-corrected chi connectivity index (χ0v) is 14.0. The smallest absolute Gasteiger partial charge is 0.259 e. The molecule has 0 spiro atoms. The fraction of sp³-hybridized carbons (Fsp3) is 0.167. The summed E-state index contributed by atoms with van der Waals surface area (Å²) in [5, 5.41) is 7.21. The predicted molar refractivity (Wildman–Crippen MR) is 95.2 cm³/mol. The van der Waals surface area contributed by atoms with Crippen LogP contribution >= 0.6 is 11.6 Å². The van der Waals surface area contributed by atoms with E-state index in [1.807, 2.05) is 37.3 Å². The molecular formula is C18H18ClN3O2. The lowest BCUT2D eigenvalue weighted by Crippen LogP contribution is -2.35. The summed E-state index contributed by atoms with van der Waals surface area (Å²) in [5.74, 6) is -0.733. The first-order valence-corrected chi connectivity index (χ1v) is 7.92. The van der Waals surface area contributed by atoms with Crippen LogP contribution in [0, 0.1) is 0 Å². The van der Waals surface area contributed by atoms with E-state index < -0.39 is 0 Å². The van der Waals surface area contributed by atoms with E-state index in [0.29, 0.717) is 17.0 Å². The predicted octanol–water partition coefficient (Wildman–Crippen LogP) is 3.00. The molecule has 24 heavy (non-hydrogen) atoms. The first-order chi connectivity index (χ1) is 11.6. The van der Waals surface area contributed by atoms with Crippen molar-refractivity contribution in [2.45, 2.75) is 13.3 Å². The van der Waals surface area contributed by atoms with Gasteiger partial charge in [-0.05, 0) is 36.2 Å². The van der Waals surface area contributed by atoms with E-state index in [1.54, 1.807) is 24.3 Å². The molecule has 0 aliphatic carbocycles. The van der Waals surface area contributed by atoms with Crippen LogP contribution in [0.1, 0.15) is 29.3 Å². The molecule has 124 valence electrons.